The van der Waals surface area contributed by atoms with Gasteiger partial charge in [0.25, 0.3) is 0 Å². The van der Waals surface area contributed by atoms with E-state index in [1.54, 1.807) is 12.1 Å². The van der Waals surface area contributed by atoms with E-state index >= 15 is 0 Å². The Morgan fingerprint density at radius 2 is 1.74 bits per heavy atom. The third-order valence-corrected chi connectivity index (χ3v) is 3.49. The fourth-order valence-electron chi connectivity index (χ4n) is 1.56. The minimum Gasteiger partial charge on any atom is -0.399 e. The molecule has 0 amide bonds. The predicted molar refractivity (Wildman–Crippen MR) is 73.4 cm³/mol. The number of anilines is 1. The number of nitrogen functional groups attached to an aromatic ring is 1. The second kappa shape index (κ2) is 5.27. The van der Waals surface area contributed by atoms with Gasteiger partial charge in [0, 0.05) is 21.3 Å². The maximum Gasteiger partial charge on any atom is 0.195 e. The summed E-state index contributed by atoms with van der Waals surface area (Å²) in [5.74, 6) is -2.77. The molecule has 0 atom stereocenters. The van der Waals surface area contributed by atoms with Crippen LogP contribution in [0, 0.1) is 11.6 Å². The van der Waals surface area contributed by atoms with E-state index in [9.17, 15) is 13.6 Å². The molecule has 2 aromatic rings. The maximum atomic E-state index is 13.2. The number of hydrogen-bond acceptors (Lipinski definition) is 2. The summed E-state index contributed by atoms with van der Waals surface area (Å²) in [7, 11) is 0. The largest absolute Gasteiger partial charge is 0.399 e. The monoisotopic (exact) mass is 345 g/mol. The van der Waals surface area contributed by atoms with Crippen molar-refractivity contribution in [3.05, 3.63) is 62.6 Å². The van der Waals surface area contributed by atoms with E-state index in [0.717, 1.165) is 12.1 Å². The van der Waals surface area contributed by atoms with Crippen molar-refractivity contribution in [2.75, 3.05) is 5.73 Å². The quantitative estimate of drug-likeness (QED) is 0.503. The first-order valence-electron chi connectivity index (χ1n) is 5.14. The summed E-state index contributed by atoms with van der Waals surface area (Å²) < 4.78 is 26.7. The van der Waals surface area contributed by atoms with Gasteiger partial charge in [0.15, 0.2) is 17.4 Å². The number of rotatable bonds is 2. The van der Waals surface area contributed by atoms with E-state index in [1.165, 1.54) is 6.07 Å². The number of hydrogen-bond donors (Lipinski definition) is 1. The molecule has 0 saturated heterocycles. The van der Waals surface area contributed by atoms with E-state index in [0.29, 0.717) is 10.2 Å². The highest BCUT2D eigenvalue weighted by Crippen LogP contribution is 2.27. The molecule has 0 aromatic heterocycles. The van der Waals surface area contributed by atoms with Crippen LogP contribution in [-0.4, -0.2) is 5.78 Å². The van der Waals surface area contributed by atoms with Gasteiger partial charge in [-0.15, -0.1) is 0 Å². The highest BCUT2D eigenvalue weighted by Gasteiger charge is 2.18. The lowest BCUT2D eigenvalue weighted by Gasteiger charge is -2.07. The van der Waals surface area contributed by atoms with Crippen LogP contribution in [-0.2, 0) is 0 Å². The normalized spacial score (nSPS) is 10.5. The number of carbonyl (C=O) groups excluding carboxylic acids is 1. The molecule has 0 unspecified atom stereocenters. The minimum atomic E-state index is -1.13. The smallest absolute Gasteiger partial charge is 0.195 e. The first kappa shape index (κ1) is 14.0. The third-order valence-electron chi connectivity index (χ3n) is 2.49. The van der Waals surface area contributed by atoms with Crippen LogP contribution in [0.25, 0.3) is 0 Å². The topological polar surface area (TPSA) is 43.1 Å². The lowest BCUT2D eigenvalue weighted by atomic mass is 10.0. The molecular weight excluding hydrogens is 340 g/mol. The van der Waals surface area contributed by atoms with Crippen LogP contribution in [0.15, 0.2) is 34.8 Å². The first-order valence-corrected chi connectivity index (χ1v) is 6.31. The molecule has 19 heavy (non-hydrogen) atoms. The molecule has 0 aliphatic heterocycles. The van der Waals surface area contributed by atoms with E-state index in [2.05, 4.69) is 15.9 Å². The van der Waals surface area contributed by atoms with Crippen molar-refractivity contribution >= 4 is 39.0 Å². The van der Waals surface area contributed by atoms with E-state index in [1.807, 2.05) is 0 Å². The Labute approximate surface area is 121 Å². The van der Waals surface area contributed by atoms with Gasteiger partial charge in [-0.05, 0) is 30.3 Å². The molecule has 2 nitrogen and oxygen atoms in total. The van der Waals surface area contributed by atoms with Crippen LogP contribution in [0.1, 0.15) is 15.9 Å². The zero-order valence-corrected chi connectivity index (χ0v) is 11.7. The Hall–Kier alpha value is -1.46. The van der Waals surface area contributed by atoms with Gasteiger partial charge in [-0.3, -0.25) is 4.79 Å². The summed E-state index contributed by atoms with van der Waals surface area (Å²) in [6.45, 7) is 0. The fraction of sp³-hybridized carbons (Fsp3) is 0. The number of carbonyl (C=O) groups is 1. The highest BCUT2D eigenvalue weighted by atomic mass is 79.9. The molecule has 0 spiro atoms. The fourth-order valence-corrected chi connectivity index (χ4v) is 2.22. The standard InChI is InChI=1S/C13H7BrClF2NO/c14-9-2-1-6(18)3-7(9)13(19)8-4-11(16)12(17)5-10(8)15/h1-5H,18H2. The Morgan fingerprint density at radius 1 is 1.11 bits per heavy atom. The molecule has 0 radical (unpaired) electrons. The number of nitrogens with two attached hydrogens (primary N) is 1. The van der Waals surface area contributed by atoms with Gasteiger partial charge in [0.1, 0.15) is 0 Å². The number of halogens is 4. The van der Waals surface area contributed by atoms with Crippen molar-refractivity contribution in [1.82, 2.24) is 0 Å². The maximum absolute atomic E-state index is 13.2. The van der Waals surface area contributed by atoms with Crippen molar-refractivity contribution in [2.45, 2.75) is 0 Å². The van der Waals surface area contributed by atoms with Gasteiger partial charge >= 0.3 is 0 Å². The molecule has 2 rings (SSSR count). The third kappa shape index (κ3) is 2.77. The van der Waals surface area contributed by atoms with Crippen molar-refractivity contribution in [3.8, 4) is 0 Å². The predicted octanol–water partition coefficient (Wildman–Crippen LogP) is 4.19. The Bertz CT molecular complexity index is 676. The van der Waals surface area contributed by atoms with E-state index in [-0.39, 0.29) is 16.1 Å². The van der Waals surface area contributed by atoms with Crippen molar-refractivity contribution < 1.29 is 13.6 Å². The van der Waals surface area contributed by atoms with Crippen LogP contribution >= 0.6 is 27.5 Å². The molecule has 98 valence electrons. The zero-order valence-electron chi connectivity index (χ0n) is 9.38. The lowest BCUT2D eigenvalue weighted by Crippen LogP contribution is -2.05. The summed E-state index contributed by atoms with van der Waals surface area (Å²) in [4.78, 5) is 12.2. The average molecular weight is 347 g/mol. The van der Waals surface area contributed by atoms with Crippen LogP contribution in [0.5, 0.6) is 0 Å². The summed E-state index contributed by atoms with van der Waals surface area (Å²) in [6.07, 6.45) is 0. The highest BCUT2D eigenvalue weighted by molar-refractivity contribution is 9.10. The minimum absolute atomic E-state index is 0.119. The molecule has 0 aliphatic carbocycles. The summed E-state index contributed by atoms with van der Waals surface area (Å²) in [5, 5.41) is -0.154. The van der Waals surface area contributed by atoms with Crippen molar-refractivity contribution in [2.24, 2.45) is 0 Å². The van der Waals surface area contributed by atoms with Gasteiger partial charge in [-0.2, -0.15) is 0 Å². The number of benzene rings is 2. The molecule has 0 aliphatic rings. The van der Waals surface area contributed by atoms with Gasteiger partial charge in [-0.1, -0.05) is 27.5 Å². The van der Waals surface area contributed by atoms with Gasteiger partial charge in [-0.25, -0.2) is 8.78 Å². The van der Waals surface area contributed by atoms with Crippen LogP contribution in [0.4, 0.5) is 14.5 Å². The Morgan fingerprint density at radius 3 is 2.42 bits per heavy atom. The average Bonchev–Trinajstić information content (AvgIpc) is 2.36. The van der Waals surface area contributed by atoms with Crippen LogP contribution in [0.2, 0.25) is 5.02 Å². The molecule has 0 fully saturated rings. The molecular formula is C13H7BrClF2NO. The van der Waals surface area contributed by atoms with Gasteiger partial charge in [0.05, 0.1) is 5.02 Å². The summed E-state index contributed by atoms with van der Waals surface area (Å²) in [6, 6.07) is 6.17. The Balaban J connectivity index is 2.56. The SMILES string of the molecule is Nc1ccc(Br)c(C(=O)c2cc(F)c(F)cc2Cl)c1. The second-order valence-corrected chi connectivity index (χ2v) is 5.08. The summed E-state index contributed by atoms with van der Waals surface area (Å²) in [5.41, 5.74) is 6.09. The van der Waals surface area contributed by atoms with E-state index < -0.39 is 17.4 Å². The van der Waals surface area contributed by atoms with Crippen molar-refractivity contribution in [3.63, 3.8) is 0 Å². The van der Waals surface area contributed by atoms with E-state index in [4.69, 9.17) is 17.3 Å². The van der Waals surface area contributed by atoms with Gasteiger partial charge < -0.3 is 5.73 Å². The van der Waals surface area contributed by atoms with Crippen LogP contribution < -0.4 is 5.73 Å². The lowest BCUT2D eigenvalue weighted by molar-refractivity contribution is 0.103. The first-order chi connectivity index (χ1) is 8.90. The molecule has 0 heterocycles. The molecule has 2 N–H and O–H groups in total. The zero-order chi connectivity index (χ0) is 14.2. The molecule has 0 saturated carbocycles. The summed E-state index contributed by atoms with van der Waals surface area (Å²) >= 11 is 8.96. The van der Waals surface area contributed by atoms with Gasteiger partial charge in [0.2, 0.25) is 0 Å². The van der Waals surface area contributed by atoms with Crippen LogP contribution in [0.3, 0.4) is 0 Å². The molecule has 6 heteroatoms. The number of ketones is 1. The Kier molecular flexibility index (Phi) is 3.87. The van der Waals surface area contributed by atoms with Crippen molar-refractivity contribution in [1.29, 1.82) is 0 Å². The molecule has 0 bridgehead atoms. The molecule has 2 aromatic carbocycles. The second-order valence-electron chi connectivity index (χ2n) is 3.81.